The van der Waals surface area contributed by atoms with Crippen LogP contribution in [0, 0.1) is 5.92 Å². The lowest BCUT2D eigenvalue weighted by molar-refractivity contribution is 0.187. The molecule has 1 aromatic heterocycles. The molecule has 0 aliphatic heterocycles. The van der Waals surface area contributed by atoms with E-state index in [0.717, 1.165) is 25.4 Å². The molecule has 0 aliphatic rings. The van der Waals surface area contributed by atoms with Gasteiger partial charge in [0, 0.05) is 30.2 Å². The van der Waals surface area contributed by atoms with E-state index in [1.165, 1.54) is 5.56 Å². The number of nitrogens with zero attached hydrogens (tertiary/aromatic N) is 1. The Morgan fingerprint density at radius 1 is 1.20 bits per heavy atom. The van der Waals surface area contributed by atoms with Crippen LogP contribution in [0.3, 0.4) is 0 Å². The van der Waals surface area contributed by atoms with Gasteiger partial charge in [0.05, 0.1) is 12.8 Å². The van der Waals surface area contributed by atoms with E-state index < -0.39 is 0 Å². The number of hydrogen-bond acceptors (Lipinski definition) is 3. The van der Waals surface area contributed by atoms with Crippen LogP contribution in [0.1, 0.15) is 59.8 Å². The maximum absolute atomic E-state index is 5.66. The van der Waals surface area contributed by atoms with Crippen LogP contribution in [0.5, 0.6) is 0 Å². The minimum atomic E-state index is 0.111. The molecule has 0 amide bonds. The van der Waals surface area contributed by atoms with Crippen LogP contribution >= 0.6 is 0 Å². The molecule has 0 bridgehead atoms. The highest BCUT2D eigenvalue weighted by atomic mass is 16.3. The summed E-state index contributed by atoms with van der Waals surface area (Å²) in [5.41, 5.74) is 1.41. The van der Waals surface area contributed by atoms with Gasteiger partial charge in [-0.2, -0.15) is 0 Å². The van der Waals surface area contributed by atoms with Gasteiger partial charge < -0.3 is 9.73 Å². The number of nitrogens with one attached hydrogen (secondary N) is 1. The quantitative estimate of drug-likeness (QED) is 0.817. The highest BCUT2D eigenvalue weighted by molar-refractivity contribution is 5.17. The number of rotatable bonds is 7. The Hall–Kier alpha value is -0.800. The second-order valence-electron chi connectivity index (χ2n) is 7.39. The molecule has 1 N–H and O–H groups in total. The molecular formula is C17H32N2O. The summed E-state index contributed by atoms with van der Waals surface area (Å²) in [7, 11) is 0. The molecule has 0 aliphatic carbocycles. The van der Waals surface area contributed by atoms with Gasteiger partial charge in [-0.25, -0.2) is 0 Å². The zero-order chi connectivity index (χ0) is 15.3. The second-order valence-corrected chi connectivity index (χ2v) is 7.39. The Labute approximate surface area is 124 Å². The normalized spacial score (nSPS) is 12.9. The van der Waals surface area contributed by atoms with Gasteiger partial charge in [-0.1, -0.05) is 13.8 Å². The van der Waals surface area contributed by atoms with Gasteiger partial charge in [0.15, 0.2) is 0 Å². The SMILES string of the molecule is CC(C)CN(Cc1ccoc1CNC(C)(C)C)C(C)C. The van der Waals surface area contributed by atoms with Crippen LogP contribution < -0.4 is 5.32 Å². The molecule has 0 radical (unpaired) electrons. The minimum absolute atomic E-state index is 0.111. The van der Waals surface area contributed by atoms with Crippen molar-refractivity contribution in [1.82, 2.24) is 10.2 Å². The van der Waals surface area contributed by atoms with E-state index in [-0.39, 0.29) is 5.54 Å². The van der Waals surface area contributed by atoms with Crippen molar-refractivity contribution in [1.29, 1.82) is 0 Å². The first-order chi connectivity index (χ1) is 9.19. The van der Waals surface area contributed by atoms with E-state index >= 15 is 0 Å². The van der Waals surface area contributed by atoms with E-state index in [0.29, 0.717) is 12.0 Å². The smallest absolute Gasteiger partial charge is 0.122 e. The van der Waals surface area contributed by atoms with E-state index in [1.807, 2.05) is 6.26 Å². The van der Waals surface area contributed by atoms with E-state index in [1.54, 1.807) is 0 Å². The lowest BCUT2D eigenvalue weighted by Gasteiger charge is -2.28. The molecule has 0 fully saturated rings. The van der Waals surface area contributed by atoms with E-state index in [4.69, 9.17) is 4.42 Å². The van der Waals surface area contributed by atoms with Crippen LogP contribution in [-0.4, -0.2) is 23.0 Å². The molecule has 0 saturated heterocycles. The first-order valence-corrected chi connectivity index (χ1v) is 7.73. The van der Waals surface area contributed by atoms with E-state index in [9.17, 15) is 0 Å². The summed E-state index contributed by atoms with van der Waals surface area (Å²) < 4.78 is 5.66. The molecule has 0 saturated carbocycles. The fourth-order valence-corrected chi connectivity index (χ4v) is 2.15. The van der Waals surface area contributed by atoms with Gasteiger partial charge in [0.2, 0.25) is 0 Å². The molecule has 0 unspecified atom stereocenters. The van der Waals surface area contributed by atoms with Crippen LogP contribution in [0.15, 0.2) is 16.7 Å². The molecule has 0 atom stereocenters. The first-order valence-electron chi connectivity index (χ1n) is 7.73. The van der Waals surface area contributed by atoms with Crippen molar-refractivity contribution in [3.63, 3.8) is 0 Å². The standard InChI is InChI=1S/C17H32N2O/c1-13(2)11-19(14(3)4)12-15-8-9-20-16(15)10-18-17(5,6)7/h8-9,13-14,18H,10-12H2,1-7H3. The molecule has 116 valence electrons. The molecule has 20 heavy (non-hydrogen) atoms. The summed E-state index contributed by atoms with van der Waals surface area (Å²) in [5.74, 6) is 1.75. The molecule has 1 heterocycles. The molecule has 0 spiro atoms. The number of furan rings is 1. The van der Waals surface area contributed by atoms with Crippen molar-refractivity contribution >= 4 is 0 Å². The predicted molar refractivity (Wildman–Crippen MR) is 85.7 cm³/mol. The zero-order valence-electron chi connectivity index (χ0n) is 14.3. The molecule has 3 heteroatoms. The third kappa shape index (κ3) is 6.10. The fourth-order valence-electron chi connectivity index (χ4n) is 2.15. The van der Waals surface area contributed by atoms with Crippen LogP contribution in [0.4, 0.5) is 0 Å². The highest BCUT2D eigenvalue weighted by Gasteiger charge is 2.17. The van der Waals surface area contributed by atoms with Crippen molar-refractivity contribution < 1.29 is 4.42 Å². The second kappa shape index (κ2) is 7.28. The topological polar surface area (TPSA) is 28.4 Å². The summed E-state index contributed by atoms with van der Waals surface area (Å²) in [6.07, 6.45) is 1.81. The molecule has 0 aromatic carbocycles. The number of hydrogen-bond donors (Lipinski definition) is 1. The van der Waals surface area contributed by atoms with Crippen molar-refractivity contribution in [3.8, 4) is 0 Å². The Morgan fingerprint density at radius 3 is 2.35 bits per heavy atom. The van der Waals surface area contributed by atoms with Crippen LogP contribution in [0.25, 0.3) is 0 Å². The maximum atomic E-state index is 5.66. The average Bonchev–Trinajstić information content (AvgIpc) is 2.71. The van der Waals surface area contributed by atoms with Crippen molar-refractivity contribution in [3.05, 3.63) is 23.7 Å². The third-order valence-electron chi connectivity index (χ3n) is 3.32. The highest BCUT2D eigenvalue weighted by Crippen LogP contribution is 2.17. The van der Waals surface area contributed by atoms with Gasteiger partial charge >= 0.3 is 0 Å². The largest absolute Gasteiger partial charge is 0.468 e. The molecular weight excluding hydrogens is 248 g/mol. The monoisotopic (exact) mass is 280 g/mol. The van der Waals surface area contributed by atoms with E-state index in [2.05, 4.69) is 64.7 Å². The van der Waals surface area contributed by atoms with Gasteiger partial charge in [-0.3, -0.25) is 4.90 Å². The summed E-state index contributed by atoms with van der Waals surface area (Å²) >= 11 is 0. The van der Waals surface area contributed by atoms with Gasteiger partial charge in [-0.05, 0) is 46.6 Å². The Morgan fingerprint density at radius 2 is 1.85 bits per heavy atom. The lowest BCUT2D eigenvalue weighted by atomic mass is 10.1. The Bertz CT molecular complexity index is 388. The van der Waals surface area contributed by atoms with Crippen molar-refractivity contribution in [2.75, 3.05) is 6.54 Å². The summed E-state index contributed by atoms with van der Waals surface area (Å²) in [6.45, 7) is 18.5. The Kier molecular flexibility index (Phi) is 6.28. The van der Waals surface area contributed by atoms with Crippen molar-refractivity contribution in [2.24, 2.45) is 5.92 Å². The first kappa shape index (κ1) is 17.3. The Balaban J connectivity index is 2.69. The van der Waals surface area contributed by atoms with Crippen molar-refractivity contribution in [2.45, 2.75) is 73.1 Å². The third-order valence-corrected chi connectivity index (χ3v) is 3.32. The lowest BCUT2D eigenvalue weighted by Crippen LogP contribution is -2.36. The van der Waals surface area contributed by atoms with Crippen LogP contribution in [-0.2, 0) is 13.1 Å². The molecule has 1 aromatic rings. The molecule has 1 rings (SSSR count). The average molecular weight is 280 g/mol. The molecule has 3 nitrogen and oxygen atoms in total. The predicted octanol–water partition coefficient (Wildman–Crippen LogP) is 4.03. The summed E-state index contributed by atoms with van der Waals surface area (Å²) in [6, 6.07) is 2.66. The summed E-state index contributed by atoms with van der Waals surface area (Å²) in [4.78, 5) is 2.51. The van der Waals surface area contributed by atoms with Gasteiger partial charge in [0.25, 0.3) is 0 Å². The zero-order valence-corrected chi connectivity index (χ0v) is 14.3. The van der Waals surface area contributed by atoms with Crippen LogP contribution in [0.2, 0.25) is 0 Å². The summed E-state index contributed by atoms with van der Waals surface area (Å²) in [5, 5.41) is 3.50. The van der Waals surface area contributed by atoms with Gasteiger partial charge in [-0.15, -0.1) is 0 Å². The minimum Gasteiger partial charge on any atom is -0.468 e. The van der Waals surface area contributed by atoms with Gasteiger partial charge in [0.1, 0.15) is 5.76 Å². The fraction of sp³-hybridized carbons (Fsp3) is 0.765. The maximum Gasteiger partial charge on any atom is 0.122 e.